The van der Waals surface area contributed by atoms with Crippen molar-refractivity contribution >= 4 is 17.6 Å². The van der Waals surface area contributed by atoms with E-state index < -0.39 is 5.97 Å². The van der Waals surface area contributed by atoms with E-state index in [1.807, 2.05) is 12.1 Å². The van der Waals surface area contributed by atoms with Crippen LogP contribution in [-0.2, 0) is 22.0 Å². The maximum absolute atomic E-state index is 10.7. The van der Waals surface area contributed by atoms with Crippen LogP contribution in [0.5, 0.6) is 0 Å². The molecule has 1 N–H and O–H groups in total. The first-order valence-corrected chi connectivity index (χ1v) is 10.2. The molecule has 2 heteroatoms. The first-order valence-electron chi connectivity index (χ1n) is 10.2. The van der Waals surface area contributed by atoms with Gasteiger partial charge in [0.05, 0.1) is 0 Å². The first kappa shape index (κ1) is 20.4. The van der Waals surface area contributed by atoms with Crippen molar-refractivity contribution in [2.75, 3.05) is 0 Å². The minimum Gasteiger partial charge on any atom is -0.481 e. The van der Waals surface area contributed by atoms with Gasteiger partial charge in [0, 0.05) is 6.42 Å². The number of rotatable bonds is 5. The molecule has 1 aliphatic rings. The van der Waals surface area contributed by atoms with Crippen molar-refractivity contribution in [1.29, 1.82) is 0 Å². The zero-order valence-corrected chi connectivity index (χ0v) is 17.8. The fraction of sp³-hybridized carbons (Fsp3) is 0.423. The average molecular weight is 377 g/mol. The fourth-order valence-electron chi connectivity index (χ4n) is 4.20. The molecule has 0 bridgehead atoms. The van der Waals surface area contributed by atoms with Gasteiger partial charge in [-0.2, -0.15) is 0 Å². The van der Waals surface area contributed by atoms with E-state index in [0.29, 0.717) is 6.42 Å². The Morgan fingerprint density at radius 1 is 0.964 bits per heavy atom. The molecule has 0 heterocycles. The zero-order valence-electron chi connectivity index (χ0n) is 17.8. The molecule has 0 unspecified atom stereocenters. The number of benzene rings is 2. The first-order chi connectivity index (χ1) is 13.1. The molecule has 0 aromatic heterocycles. The van der Waals surface area contributed by atoms with Gasteiger partial charge in [0.15, 0.2) is 0 Å². The Bertz CT molecular complexity index is 899. The summed E-state index contributed by atoms with van der Waals surface area (Å²) in [5.74, 6) is -0.752. The van der Waals surface area contributed by atoms with Crippen LogP contribution >= 0.6 is 0 Å². The second-order valence-corrected chi connectivity index (χ2v) is 9.49. The van der Waals surface area contributed by atoms with Crippen molar-refractivity contribution in [3.05, 3.63) is 70.3 Å². The Hall–Kier alpha value is -2.35. The summed E-state index contributed by atoms with van der Waals surface area (Å²) in [5, 5.41) is 8.82. The second kappa shape index (κ2) is 7.58. The third kappa shape index (κ3) is 4.38. The highest BCUT2D eigenvalue weighted by molar-refractivity contribution is 5.80. The number of allylic oxidation sites excluding steroid dienone is 1. The van der Waals surface area contributed by atoms with Gasteiger partial charge >= 0.3 is 5.97 Å². The maximum Gasteiger partial charge on any atom is 0.303 e. The highest BCUT2D eigenvalue weighted by Gasteiger charge is 2.36. The monoisotopic (exact) mass is 376 g/mol. The van der Waals surface area contributed by atoms with Crippen LogP contribution in [0.15, 0.2) is 42.5 Å². The number of carbonyl (C=O) groups is 1. The summed E-state index contributed by atoms with van der Waals surface area (Å²) < 4.78 is 0. The third-order valence-electron chi connectivity index (χ3n) is 6.30. The van der Waals surface area contributed by atoms with Crippen LogP contribution in [0.1, 0.15) is 81.7 Å². The Kier molecular flexibility index (Phi) is 5.52. The second-order valence-electron chi connectivity index (χ2n) is 9.49. The molecule has 0 saturated heterocycles. The smallest absolute Gasteiger partial charge is 0.303 e. The lowest BCUT2D eigenvalue weighted by molar-refractivity contribution is -0.136. The lowest BCUT2D eigenvalue weighted by Gasteiger charge is -2.42. The van der Waals surface area contributed by atoms with Crippen LogP contribution in [-0.4, -0.2) is 11.1 Å². The van der Waals surface area contributed by atoms with Crippen molar-refractivity contribution in [2.45, 2.75) is 71.1 Å². The van der Waals surface area contributed by atoms with E-state index in [1.165, 1.54) is 35.1 Å². The van der Waals surface area contributed by atoms with E-state index in [1.54, 1.807) is 0 Å². The minimum atomic E-state index is -0.752. The van der Waals surface area contributed by atoms with Gasteiger partial charge in [0.25, 0.3) is 0 Å². The molecule has 1 aliphatic carbocycles. The van der Waals surface area contributed by atoms with Crippen molar-refractivity contribution < 1.29 is 9.90 Å². The molecule has 0 saturated carbocycles. The van der Waals surface area contributed by atoms with Gasteiger partial charge < -0.3 is 5.11 Å². The van der Waals surface area contributed by atoms with Gasteiger partial charge in [-0.25, -0.2) is 0 Å². The van der Waals surface area contributed by atoms with E-state index in [4.69, 9.17) is 5.11 Å². The Labute approximate surface area is 169 Å². The number of carboxylic acid groups (broad SMARTS) is 1. The molecule has 2 aromatic rings. The van der Waals surface area contributed by atoms with E-state index in [0.717, 1.165) is 11.1 Å². The van der Waals surface area contributed by atoms with Crippen LogP contribution in [0.4, 0.5) is 0 Å². The molecule has 2 nitrogen and oxygen atoms in total. The molecule has 0 spiro atoms. The van der Waals surface area contributed by atoms with Crippen molar-refractivity contribution in [3.8, 4) is 0 Å². The lowest BCUT2D eigenvalue weighted by Crippen LogP contribution is -2.33. The van der Waals surface area contributed by atoms with Gasteiger partial charge in [-0.15, -0.1) is 0 Å². The Morgan fingerprint density at radius 2 is 1.57 bits per heavy atom. The van der Waals surface area contributed by atoms with E-state index in [9.17, 15) is 4.79 Å². The normalized spacial score (nSPS) is 17.8. The summed E-state index contributed by atoms with van der Waals surface area (Å²) in [4.78, 5) is 10.7. The molecular weight excluding hydrogens is 344 g/mol. The maximum atomic E-state index is 10.7. The number of hydrogen-bond donors (Lipinski definition) is 1. The molecule has 0 atom stereocenters. The molecule has 28 heavy (non-hydrogen) atoms. The predicted molar refractivity (Wildman–Crippen MR) is 118 cm³/mol. The van der Waals surface area contributed by atoms with Gasteiger partial charge in [-0.05, 0) is 70.4 Å². The van der Waals surface area contributed by atoms with Crippen LogP contribution in [0.25, 0.3) is 11.6 Å². The summed E-state index contributed by atoms with van der Waals surface area (Å²) in [7, 11) is 0. The Balaban J connectivity index is 1.86. The summed E-state index contributed by atoms with van der Waals surface area (Å²) in [5.41, 5.74) is 8.17. The summed E-state index contributed by atoms with van der Waals surface area (Å²) >= 11 is 0. The largest absolute Gasteiger partial charge is 0.481 e. The third-order valence-corrected chi connectivity index (χ3v) is 6.30. The summed E-state index contributed by atoms with van der Waals surface area (Å²) in [6.45, 7) is 11.6. The molecule has 3 rings (SSSR count). The highest BCUT2D eigenvalue weighted by atomic mass is 16.4. The van der Waals surface area contributed by atoms with E-state index in [2.05, 4.69) is 71.0 Å². The predicted octanol–water partition coefficient (Wildman–Crippen LogP) is 6.61. The number of aliphatic carboxylic acids is 1. The molecule has 2 aromatic carbocycles. The molecule has 148 valence electrons. The number of hydrogen-bond acceptors (Lipinski definition) is 1. The standard InChI is InChI=1S/C26H32O2/c1-18(16-20-8-6-19(7-9-20)10-13-24(27)28)21-11-12-22-23(17-21)26(4,5)15-14-25(22,2)3/h6-9,11-12,16-17H,10,13-15H2,1-5H3,(H,27,28). The average Bonchev–Trinajstić information content (AvgIpc) is 2.64. The van der Waals surface area contributed by atoms with Gasteiger partial charge in [-0.3, -0.25) is 4.79 Å². The van der Waals surface area contributed by atoms with E-state index >= 15 is 0 Å². The summed E-state index contributed by atoms with van der Waals surface area (Å²) in [6.07, 6.45) is 5.42. The quantitative estimate of drug-likeness (QED) is 0.596. The van der Waals surface area contributed by atoms with Crippen LogP contribution in [0.3, 0.4) is 0 Å². The molecular formula is C26H32O2. The fourth-order valence-corrected chi connectivity index (χ4v) is 4.20. The molecule has 0 amide bonds. The minimum absolute atomic E-state index is 0.176. The number of fused-ring (bicyclic) bond motifs is 1. The number of carboxylic acids is 1. The SMILES string of the molecule is CC(=Cc1ccc(CCC(=O)O)cc1)c1ccc2c(c1)C(C)(C)CCC2(C)C. The van der Waals surface area contributed by atoms with Crippen molar-refractivity contribution in [1.82, 2.24) is 0 Å². The molecule has 0 radical (unpaired) electrons. The lowest BCUT2D eigenvalue weighted by atomic mass is 9.63. The van der Waals surface area contributed by atoms with Crippen LogP contribution in [0, 0.1) is 0 Å². The molecule has 0 fully saturated rings. The van der Waals surface area contributed by atoms with Gasteiger partial charge in [0.2, 0.25) is 0 Å². The van der Waals surface area contributed by atoms with Crippen LogP contribution in [0.2, 0.25) is 0 Å². The molecule has 0 aliphatic heterocycles. The Morgan fingerprint density at radius 3 is 2.18 bits per heavy atom. The number of aryl methyl sites for hydroxylation is 1. The van der Waals surface area contributed by atoms with Crippen molar-refractivity contribution in [2.24, 2.45) is 0 Å². The summed E-state index contributed by atoms with van der Waals surface area (Å²) in [6, 6.07) is 15.2. The van der Waals surface area contributed by atoms with Crippen LogP contribution < -0.4 is 0 Å². The topological polar surface area (TPSA) is 37.3 Å². The zero-order chi connectivity index (χ0) is 20.5. The van der Waals surface area contributed by atoms with Gasteiger partial charge in [0.1, 0.15) is 0 Å². The van der Waals surface area contributed by atoms with Gasteiger partial charge in [-0.1, -0.05) is 76.2 Å². The highest BCUT2D eigenvalue weighted by Crippen LogP contribution is 2.46. The van der Waals surface area contributed by atoms with Crippen molar-refractivity contribution in [3.63, 3.8) is 0 Å². The van der Waals surface area contributed by atoms with E-state index in [-0.39, 0.29) is 17.3 Å².